The third-order valence-corrected chi connectivity index (χ3v) is 2.04. The van der Waals surface area contributed by atoms with Gasteiger partial charge in [0.25, 0.3) is 0 Å². The zero-order chi connectivity index (χ0) is 10.7. The molecule has 0 atom stereocenters. The Bertz CT molecular complexity index is 480. The molecule has 1 aromatic carbocycles. The van der Waals surface area contributed by atoms with Crippen LogP contribution in [-0.2, 0) is 0 Å². The molecule has 1 radical (unpaired) electrons. The molecule has 1 heterocycles. The molecular formula is C12H9N2O. The Morgan fingerprint density at radius 3 is 2.80 bits per heavy atom. The standard InChI is InChI=1S/C12H9N2O/c13-12(15)10-6-2-1-5-9(10)11-7-3-4-8-14-11/h1-4,6-8H,(H2,13,15). The molecule has 3 nitrogen and oxygen atoms in total. The Kier molecular flexibility index (Phi) is 2.46. The molecular weight excluding hydrogens is 188 g/mol. The molecule has 0 fully saturated rings. The van der Waals surface area contributed by atoms with Crippen LogP contribution in [0.5, 0.6) is 0 Å². The van der Waals surface area contributed by atoms with Gasteiger partial charge in [-0.05, 0) is 24.3 Å². The smallest absolute Gasteiger partial charge is 0.249 e. The summed E-state index contributed by atoms with van der Waals surface area (Å²) in [6.45, 7) is 0. The summed E-state index contributed by atoms with van der Waals surface area (Å²) in [4.78, 5) is 15.3. The lowest BCUT2D eigenvalue weighted by molar-refractivity contribution is 0.100. The van der Waals surface area contributed by atoms with Crippen LogP contribution in [0, 0.1) is 6.07 Å². The van der Waals surface area contributed by atoms with Crippen molar-refractivity contribution in [1.29, 1.82) is 0 Å². The molecule has 2 aromatic rings. The second kappa shape index (κ2) is 3.92. The number of hydrogen-bond acceptors (Lipinski definition) is 2. The quantitative estimate of drug-likeness (QED) is 0.795. The van der Waals surface area contributed by atoms with Crippen LogP contribution in [0.4, 0.5) is 0 Å². The van der Waals surface area contributed by atoms with Gasteiger partial charge in [0.2, 0.25) is 5.91 Å². The summed E-state index contributed by atoms with van der Waals surface area (Å²) in [5.41, 5.74) is 7.05. The van der Waals surface area contributed by atoms with Gasteiger partial charge in [0.1, 0.15) is 0 Å². The van der Waals surface area contributed by atoms with Crippen molar-refractivity contribution in [2.45, 2.75) is 0 Å². The van der Waals surface area contributed by atoms with Crippen molar-refractivity contribution in [3.8, 4) is 11.3 Å². The zero-order valence-electron chi connectivity index (χ0n) is 7.97. The van der Waals surface area contributed by atoms with E-state index in [-0.39, 0.29) is 0 Å². The van der Waals surface area contributed by atoms with Gasteiger partial charge >= 0.3 is 0 Å². The molecule has 0 spiro atoms. The summed E-state index contributed by atoms with van der Waals surface area (Å²) in [5.74, 6) is -0.465. The largest absolute Gasteiger partial charge is 0.366 e. The Balaban J connectivity index is 2.58. The zero-order valence-corrected chi connectivity index (χ0v) is 7.97. The van der Waals surface area contributed by atoms with E-state index < -0.39 is 5.91 Å². The molecule has 0 aliphatic heterocycles. The summed E-state index contributed by atoms with van der Waals surface area (Å²) < 4.78 is 0. The fraction of sp³-hybridized carbons (Fsp3) is 0. The summed E-state index contributed by atoms with van der Waals surface area (Å²) in [6.07, 6.45) is 1.67. The van der Waals surface area contributed by atoms with E-state index in [1.54, 1.807) is 24.4 Å². The number of hydrogen-bond donors (Lipinski definition) is 1. The molecule has 0 unspecified atom stereocenters. The van der Waals surface area contributed by atoms with E-state index in [4.69, 9.17) is 5.73 Å². The minimum atomic E-state index is -0.465. The van der Waals surface area contributed by atoms with E-state index in [1.165, 1.54) is 0 Å². The lowest BCUT2D eigenvalue weighted by atomic mass is 10.0. The number of carbonyl (C=O) groups excluding carboxylic acids is 1. The Morgan fingerprint density at radius 2 is 2.13 bits per heavy atom. The van der Waals surface area contributed by atoms with Crippen molar-refractivity contribution in [3.63, 3.8) is 0 Å². The summed E-state index contributed by atoms with van der Waals surface area (Å²) in [7, 11) is 0. The predicted molar refractivity (Wildman–Crippen MR) is 57.0 cm³/mol. The van der Waals surface area contributed by atoms with Crippen LogP contribution < -0.4 is 5.73 Å². The van der Waals surface area contributed by atoms with Crippen LogP contribution in [0.25, 0.3) is 11.3 Å². The van der Waals surface area contributed by atoms with E-state index >= 15 is 0 Å². The number of primary amides is 1. The SMILES string of the molecule is NC(=O)c1ccc[c]c1-c1ccccn1. The van der Waals surface area contributed by atoms with Gasteiger partial charge in [-0.25, -0.2) is 0 Å². The van der Waals surface area contributed by atoms with Crippen molar-refractivity contribution in [1.82, 2.24) is 4.98 Å². The maximum absolute atomic E-state index is 11.2. The number of benzene rings is 1. The Hall–Kier alpha value is -2.16. The van der Waals surface area contributed by atoms with Gasteiger partial charge in [0.05, 0.1) is 5.69 Å². The van der Waals surface area contributed by atoms with Gasteiger partial charge < -0.3 is 5.73 Å². The summed E-state index contributed by atoms with van der Waals surface area (Å²) in [6, 6.07) is 13.6. The number of aromatic nitrogens is 1. The van der Waals surface area contributed by atoms with Gasteiger partial charge in [-0.15, -0.1) is 0 Å². The average molecular weight is 197 g/mol. The highest BCUT2D eigenvalue weighted by Gasteiger charge is 2.09. The van der Waals surface area contributed by atoms with E-state index in [1.807, 2.05) is 18.2 Å². The van der Waals surface area contributed by atoms with Crippen LogP contribution in [0.2, 0.25) is 0 Å². The highest BCUT2D eigenvalue weighted by Crippen LogP contribution is 2.19. The molecule has 0 aliphatic rings. The maximum atomic E-state index is 11.2. The first-order valence-electron chi connectivity index (χ1n) is 4.51. The number of amides is 1. The monoisotopic (exact) mass is 197 g/mol. The number of nitrogens with zero attached hydrogens (tertiary/aromatic N) is 1. The first-order valence-corrected chi connectivity index (χ1v) is 4.51. The molecule has 1 aromatic heterocycles. The highest BCUT2D eigenvalue weighted by atomic mass is 16.1. The molecule has 0 saturated heterocycles. The minimum Gasteiger partial charge on any atom is -0.366 e. The first-order chi connectivity index (χ1) is 7.29. The predicted octanol–water partition coefficient (Wildman–Crippen LogP) is 1.65. The van der Waals surface area contributed by atoms with Gasteiger partial charge in [0, 0.05) is 17.3 Å². The van der Waals surface area contributed by atoms with E-state index in [2.05, 4.69) is 11.1 Å². The van der Waals surface area contributed by atoms with Gasteiger partial charge in [-0.2, -0.15) is 0 Å². The number of nitrogens with two attached hydrogens (primary N) is 1. The van der Waals surface area contributed by atoms with E-state index in [0.717, 1.165) is 0 Å². The number of rotatable bonds is 2. The molecule has 0 saturated carbocycles. The van der Waals surface area contributed by atoms with E-state index in [9.17, 15) is 4.79 Å². The fourth-order valence-corrected chi connectivity index (χ4v) is 1.36. The minimum absolute atomic E-state index is 0.441. The normalized spacial score (nSPS) is 9.87. The molecule has 2 N–H and O–H groups in total. The second-order valence-electron chi connectivity index (χ2n) is 3.04. The van der Waals surface area contributed by atoms with Crippen LogP contribution >= 0.6 is 0 Å². The lowest BCUT2D eigenvalue weighted by Gasteiger charge is -2.04. The van der Waals surface area contributed by atoms with Crippen molar-refractivity contribution < 1.29 is 4.79 Å². The highest BCUT2D eigenvalue weighted by molar-refractivity contribution is 5.99. The lowest BCUT2D eigenvalue weighted by Crippen LogP contribution is -2.12. The molecule has 0 bridgehead atoms. The molecule has 73 valence electrons. The fourth-order valence-electron chi connectivity index (χ4n) is 1.36. The number of pyridine rings is 1. The van der Waals surface area contributed by atoms with Crippen molar-refractivity contribution >= 4 is 5.91 Å². The molecule has 15 heavy (non-hydrogen) atoms. The van der Waals surface area contributed by atoms with Crippen LogP contribution in [-0.4, -0.2) is 10.9 Å². The van der Waals surface area contributed by atoms with Gasteiger partial charge in [0.15, 0.2) is 0 Å². The molecule has 3 heteroatoms. The van der Waals surface area contributed by atoms with Crippen LogP contribution in [0.3, 0.4) is 0 Å². The Labute approximate surface area is 87.6 Å². The second-order valence-corrected chi connectivity index (χ2v) is 3.04. The third-order valence-electron chi connectivity index (χ3n) is 2.04. The average Bonchev–Trinajstić information content (AvgIpc) is 2.30. The van der Waals surface area contributed by atoms with E-state index in [0.29, 0.717) is 16.8 Å². The first kappa shape index (κ1) is 9.40. The van der Waals surface area contributed by atoms with Crippen molar-refractivity contribution in [2.75, 3.05) is 0 Å². The van der Waals surface area contributed by atoms with Gasteiger partial charge in [-0.1, -0.05) is 18.2 Å². The Morgan fingerprint density at radius 1 is 1.27 bits per heavy atom. The van der Waals surface area contributed by atoms with Gasteiger partial charge in [-0.3, -0.25) is 9.78 Å². The van der Waals surface area contributed by atoms with Crippen LogP contribution in [0.1, 0.15) is 10.4 Å². The molecule has 2 rings (SSSR count). The topological polar surface area (TPSA) is 56.0 Å². The number of carbonyl (C=O) groups is 1. The maximum Gasteiger partial charge on any atom is 0.249 e. The van der Waals surface area contributed by atoms with Crippen LogP contribution in [0.15, 0.2) is 42.6 Å². The third kappa shape index (κ3) is 1.86. The van der Waals surface area contributed by atoms with Crippen molar-refractivity contribution in [2.24, 2.45) is 5.73 Å². The summed E-state index contributed by atoms with van der Waals surface area (Å²) >= 11 is 0. The summed E-state index contributed by atoms with van der Waals surface area (Å²) in [5, 5.41) is 0. The molecule has 1 amide bonds. The molecule has 0 aliphatic carbocycles. The van der Waals surface area contributed by atoms with Crippen molar-refractivity contribution in [3.05, 3.63) is 54.2 Å².